The summed E-state index contributed by atoms with van der Waals surface area (Å²) in [7, 11) is 0. The predicted octanol–water partition coefficient (Wildman–Crippen LogP) is 4.99. The van der Waals surface area contributed by atoms with Gasteiger partial charge in [-0.1, -0.05) is 32.6 Å². The van der Waals surface area contributed by atoms with Gasteiger partial charge in [-0.05, 0) is 42.7 Å². The Morgan fingerprint density at radius 2 is 1.33 bits per heavy atom. The lowest BCUT2D eigenvalue weighted by Crippen LogP contribution is -1.95. The fraction of sp³-hybridized carbons (Fsp3) is 0.318. The molecule has 0 aliphatic heterocycles. The molecule has 0 fully saturated rings. The summed E-state index contributed by atoms with van der Waals surface area (Å²) in [5.74, 6) is 1.25. The smallest absolute Gasteiger partial charge is 0.162 e. The van der Waals surface area contributed by atoms with Crippen LogP contribution in [0.1, 0.15) is 50.2 Å². The Kier molecular flexibility index (Phi) is 6.59. The summed E-state index contributed by atoms with van der Waals surface area (Å²) in [5, 5.41) is 8.87. The second-order valence-corrected chi connectivity index (χ2v) is 6.56. The third-order valence-electron chi connectivity index (χ3n) is 4.46. The zero-order valence-corrected chi connectivity index (χ0v) is 15.6. The van der Waals surface area contributed by atoms with Gasteiger partial charge in [-0.25, -0.2) is 19.9 Å². The third-order valence-corrected chi connectivity index (χ3v) is 4.46. The summed E-state index contributed by atoms with van der Waals surface area (Å²) in [6.45, 7) is 2.23. The summed E-state index contributed by atoms with van der Waals surface area (Å²) in [5.41, 5.74) is 3.46. The first kappa shape index (κ1) is 18.7. The van der Waals surface area contributed by atoms with E-state index in [-0.39, 0.29) is 0 Å². The number of hydrogen-bond donors (Lipinski definition) is 0. The van der Waals surface area contributed by atoms with E-state index in [0.717, 1.165) is 17.5 Å². The topological polar surface area (TPSA) is 75.3 Å². The van der Waals surface area contributed by atoms with Crippen molar-refractivity contribution in [3.05, 3.63) is 60.2 Å². The van der Waals surface area contributed by atoms with Crippen LogP contribution in [-0.2, 0) is 6.42 Å². The van der Waals surface area contributed by atoms with Crippen LogP contribution in [0.2, 0.25) is 0 Å². The molecule has 27 heavy (non-hydrogen) atoms. The molecule has 0 aliphatic rings. The molecule has 0 aliphatic carbocycles. The molecule has 0 radical (unpaired) electrons. The van der Waals surface area contributed by atoms with Crippen molar-refractivity contribution in [1.29, 1.82) is 5.26 Å². The molecule has 0 saturated carbocycles. The zero-order chi connectivity index (χ0) is 18.9. The highest BCUT2D eigenvalue weighted by Gasteiger charge is 2.06. The van der Waals surface area contributed by atoms with Crippen LogP contribution in [0, 0.1) is 11.3 Å². The largest absolute Gasteiger partial charge is 0.236 e. The molecule has 1 aromatic carbocycles. The van der Waals surface area contributed by atoms with Crippen LogP contribution >= 0.6 is 0 Å². The molecule has 0 unspecified atom stereocenters. The van der Waals surface area contributed by atoms with Crippen molar-refractivity contribution in [1.82, 2.24) is 19.9 Å². The Bertz CT molecular complexity index is 878. The van der Waals surface area contributed by atoms with E-state index in [4.69, 9.17) is 5.26 Å². The summed E-state index contributed by atoms with van der Waals surface area (Å²) in [6, 6.07) is 9.32. The Morgan fingerprint density at radius 1 is 0.741 bits per heavy atom. The third kappa shape index (κ3) is 5.18. The Hall–Kier alpha value is -3.13. The second kappa shape index (κ2) is 9.54. The van der Waals surface area contributed by atoms with Crippen molar-refractivity contribution in [3.8, 4) is 28.8 Å². The number of aromatic nitrogens is 4. The molecule has 0 amide bonds. The molecule has 3 rings (SSSR count). The highest BCUT2D eigenvalue weighted by atomic mass is 14.9. The van der Waals surface area contributed by atoms with Crippen molar-refractivity contribution in [2.24, 2.45) is 0 Å². The van der Waals surface area contributed by atoms with Gasteiger partial charge in [0.25, 0.3) is 0 Å². The van der Waals surface area contributed by atoms with E-state index in [9.17, 15) is 0 Å². The Morgan fingerprint density at radius 3 is 1.96 bits per heavy atom. The lowest BCUT2D eigenvalue weighted by molar-refractivity contribution is 0.631. The zero-order valence-electron chi connectivity index (χ0n) is 15.6. The van der Waals surface area contributed by atoms with Crippen LogP contribution in [0.5, 0.6) is 0 Å². The van der Waals surface area contributed by atoms with Crippen LogP contribution in [0.15, 0.2) is 49.1 Å². The average Bonchev–Trinajstić information content (AvgIpc) is 2.74. The SMILES string of the molecule is CCCCCCCc1cnc(-c2cnc(-c3ccc(C#N)cc3)nc2)nc1. The summed E-state index contributed by atoms with van der Waals surface area (Å²) < 4.78 is 0. The van der Waals surface area contributed by atoms with Crippen molar-refractivity contribution >= 4 is 0 Å². The first-order chi connectivity index (χ1) is 13.3. The van der Waals surface area contributed by atoms with E-state index < -0.39 is 0 Å². The fourth-order valence-corrected chi connectivity index (χ4v) is 2.85. The number of benzene rings is 1. The number of hydrogen-bond acceptors (Lipinski definition) is 5. The van der Waals surface area contributed by atoms with Crippen molar-refractivity contribution < 1.29 is 0 Å². The quantitative estimate of drug-likeness (QED) is 0.531. The van der Waals surface area contributed by atoms with E-state index in [1.54, 1.807) is 24.5 Å². The van der Waals surface area contributed by atoms with Gasteiger partial charge in [0.2, 0.25) is 0 Å². The van der Waals surface area contributed by atoms with E-state index >= 15 is 0 Å². The Balaban J connectivity index is 1.62. The molecular weight excluding hydrogens is 334 g/mol. The van der Waals surface area contributed by atoms with Crippen LogP contribution in [0.4, 0.5) is 0 Å². The number of nitriles is 1. The molecule has 3 aromatic rings. The molecule has 2 heterocycles. The van der Waals surface area contributed by atoms with Crippen LogP contribution < -0.4 is 0 Å². The number of aryl methyl sites for hydroxylation is 1. The van der Waals surface area contributed by atoms with Gasteiger partial charge in [0.15, 0.2) is 11.6 Å². The van der Waals surface area contributed by atoms with E-state index in [0.29, 0.717) is 17.2 Å². The molecule has 5 nitrogen and oxygen atoms in total. The molecule has 0 N–H and O–H groups in total. The van der Waals surface area contributed by atoms with E-state index in [1.165, 1.54) is 37.7 Å². The second-order valence-electron chi connectivity index (χ2n) is 6.56. The molecule has 5 heteroatoms. The monoisotopic (exact) mass is 357 g/mol. The maximum Gasteiger partial charge on any atom is 0.162 e. The maximum absolute atomic E-state index is 8.87. The molecule has 136 valence electrons. The molecule has 0 saturated heterocycles. The first-order valence-electron chi connectivity index (χ1n) is 9.44. The van der Waals surface area contributed by atoms with Gasteiger partial charge in [0.1, 0.15) is 0 Å². The lowest BCUT2D eigenvalue weighted by atomic mass is 10.1. The van der Waals surface area contributed by atoms with Crippen molar-refractivity contribution in [3.63, 3.8) is 0 Å². The number of nitrogens with zero attached hydrogens (tertiary/aromatic N) is 5. The highest BCUT2D eigenvalue weighted by Crippen LogP contribution is 2.18. The van der Waals surface area contributed by atoms with Gasteiger partial charge < -0.3 is 0 Å². The molecule has 0 bridgehead atoms. The van der Waals surface area contributed by atoms with Gasteiger partial charge in [-0.15, -0.1) is 0 Å². The minimum atomic E-state index is 0.618. The molecule has 0 atom stereocenters. The predicted molar refractivity (Wildman–Crippen MR) is 106 cm³/mol. The number of rotatable bonds is 8. The van der Waals surface area contributed by atoms with Gasteiger partial charge >= 0.3 is 0 Å². The lowest BCUT2D eigenvalue weighted by Gasteiger charge is -2.04. The Labute approximate surface area is 160 Å². The first-order valence-corrected chi connectivity index (χ1v) is 9.44. The van der Waals surface area contributed by atoms with Gasteiger partial charge in [0.05, 0.1) is 17.2 Å². The van der Waals surface area contributed by atoms with Crippen LogP contribution in [0.3, 0.4) is 0 Å². The van der Waals surface area contributed by atoms with E-state index in [2.05, 4.69) is 32.9 Å². The minimum absolute atomic E-state index is 0.618. The van der Waals surface area contributed by atoms with Crippen molar-refractivity contribution in [2.45, 2.75) is 45.4 Å². The average molecular weight is 357 g/mol. The van der Waals surface area contributed by atoms with Crippen LogP contribution in [-0.4, -0.2) is 19.9 Å². The van der Waals surface area contributed by atoms with Gasteiger partial charge in [-0.2, -0.15) is 5.26 Å². The summed E-state index contributed by atoms with van der Waals surface area (Å²) >= 11 is 0. The molecule has 0 spiro atoms. The van der Waals surface area contributed by atoms with E-state index in [1.807, 2.05) is 24.5 Å². The summed E-state index contributed by atoms with van der Waals surface area (Å²) in [6.07, 6.45) is 14.6. The minimum Gasteiger partial charge on any atom is -0.236 e. The highest BCUT2D eigenvalue weighted by molar-refractivity contribution is 5.59. The van der Waals surface area contributed by atoms with Gasteiger partial charge in [-0.3, -0.25) is 0 Å². The molecule has 2 aromatic heterocycles. The van der Waals surface area contributed by atoms with Crippen LogP contribution in [0.25, 0.3) is 22.8 Å². The standard InChI is InChI=1S/C22H23N5/c1-2-3-4-5-6-7-18-13-24-22(25-14-18)20-15-26-21(27-16-20)19-10-8-17(12-23)9-11-19/h8-11,13-16H,2-7H2,1H3. The molecular formula is C22H23N5. The normalized spacial score (nSPS) is 10.5. The summed E-state index contributed by atoms with van der Waals surface area (Å²) in [4.78, 5) is 17.7. The van der Waals surface area contributed by atoms with Crippen molar-refractivity contribution in [2.75, 3.05) is 0 Å². The number of unbranched alkanes of at least 4 members (excludes halogenated alkanes) is 4. The van der Waals surface area contributed by atoms with Gasteiger partial charge in [0, 0.05) is 30.4 Å². The maximum atomic E-state index is 8.87. The fourth-order valence-electron chi connectivity index (χ4n) is 2.85.